The van der Waals surface area contributed by atoms with E-state index in [2.05, 4.69) is 10.2 Å². The van der Waals surface area contributed by atoms with E-state index in [4.69, 9.17) is 19.2 Å². The maximum Gasteiger partial charge on any atom is 0.251 e. The lowest BCUT2D eigenvalue weighted by Gasteiger charge is -2.28. The zero-order chi connectivity index (χ0) is 24.8. The molecule has 3 aromatic rings. The van der Waals surface area contributed by atoms with Crippen molar-refractivity contribution in [2.75, 3.05) is 59.4 Å². The van der Waals surface area contributed by atoms with Gasteiger partial charge in [-0.1, -0.05) is 12.1 Å². The van der Waals surface area contributed by atoms with Gasteiger partial charge in [0.1, 0.15) is 30.9 Å². The number of para-hydroxylation sites is 1. The number of pyridine rings is 1. The van der Waals surface area contributed by atoms with E-state index in [9.17, 15) is 4.79 Å². The maximum atomic E-state index is 12.7. The normalized spacial score (nSPS) is 14.5. The molecule has 0 saturated carbocycles. The number of benzene rings is 2. The first-order valence-electron chi connectivity index (χ1n) is 11.6. The maximum absolute atomic E-state index is 12.7. The van der Waals surface area contributed by atoms with Crippen molar-refractivity contribution in [1.82, 2.24) is 15.2 Å². The molecule has 0 spiro atoms. The summed E-state index contributed by atoms with van der Waals surface area (Å²) in [6, 6.07) is 18.8. The third kappa shape index (κ3) is 6.22. The molecule has 0 fully saturated rings. The molecule has 184 valence electrons. The van der Waals surface area contributed by atoms with Crippen LogP contribution in [0.5, 0.6) is 17.2 Å². The molecule has 4 rings (SSSR count). The van der Waals surface area contributed by atoms with Gasteiger partial charge in [-0.15, -0.1) is 0 Å². The van der Waals surface area contributed by atoms with E-state index < -0.39 is 0 Å². The fraction of sp³-hybridized carbons (Fsp3) is 0.333. The topological polar surface area (TPSA) is 76.2 Å². The van der Waals surface area contributed by atoms with Crippen LogP contribution in [0.25, 0.3) is 11.3 Å². The van der Waals surface area contributed by atoms with E-state index in [0.29, 0.717) is 36.8 Å². The van der Waals surface area contributed by atoms with Crippen LogP contribution in [-0.2, 0) is 0 Å². The molecular weight excluding hydrogens is 444 g/mol. The summed E-state index contributed by atoms with van der Waals surface area (Å²) < 4.78 is 17.9. The molecule has 2 aromatic carbocycles. The van der Waals surface area contributed by atoms with Crippen LogP contribution >= 0.6 is 0 Å². The molecule has 1 aliphatic rings. The average Bonchev–Trinajstić information content (AvgIpc) is 2.87. The van der Waals surface area contributed by atoms with Crippen LogP contribution in [0, 0.1) is 0 Å². The highest BCUT2D eigenvalue weighted by atomic mass is 16.6. The van der Waals surface area contributed by atoms with Crippen molar-refractivity contribution in [1.29, 1.82) is 0 Å². The summed E-state index contributed by atoms with van der Waals surface area (Å²) in [6.07, 6.45) is -0.321. The van der Waals surface area contributed by atoms with Crippen LogP contribution < -0.4 is 24.4 Å². The van der Waals surface area contributed by atoms with Crippen molar-refractivity contribution < 1.29 is 19.0 Å². The summed E-state index contributed by atoms with van der Waals surface area (Å²) in [6.45, 7) is 2.09. The van der Waals surface area contributed by atoms with Gasteiger partial charge < -0.3 is 29.3 Å². The van der Waals surface area contributed by atoms with E-state index in [1.165, 1.54) is 0 Å². The Morgan fingerprint density at radius 2 is 1.83 bits per heavy atom. The quantitative estimate of drug-likeness (QED) is 0.508. The molecule has 2 heterocycles. The molecule has 0 saturated heterocycles. The number of carbonyl (C=O) groups excluding carboxylic acids is 1. The number of aromatic nitrogens is 1. The first kappa shape index (κ1) is 24.3. The number of fused-ring (bicyclic) bond motifs is 1. The van der Waals surface area contributed by atoms with Crippen LogP contribution in [0.3, 0.4) is 0 Å². The number of nitrogens with one attached hydrogen (secondary N) is 1. The largest absolute Gasteiger partial charge is 0.492 e. The average molecular weight is 477 g/mol. The van der Waals surface area contributed by atoms with Crippen molar-refractivity contribution in [2.24, 2.45) is 0 Å². The lowest BCUT2D eigenvalue weighted by Crippen LogP contribution is -2.40. The smallest absolute Gasteiger partial charge is 0.251 e. The zero-order valence-corrected chi connectivity index (χ0v) is 20.7. The third-order valence-electron chi connectivity index (χ3n) is 5.57. The van der Waals surface area contributed by atoms with Crippen molar-refractivity contribution in [3.63, 3.8) is 0 Å². The van der Waals surface area contributed by atoms with E-state index in [0.717, 1.165) is 29.4 Å². The van der Waals surface area contributed by atoms with Gasteiger partial charge >= 0.3 is 0 Å². The number of anilines is 1. The van der Waals surface area contributed by atoms with E-state index >= 15 is 0 Å². The molecule has 8 nitrogen and oxygen atoms in total. The molecular formula is C27H32N4O4. The predicted molar refractivity (Wildman–Crippen MR) is 137 cm³/mol. The highest BCUT2D eigenvalue weighted by Crippen LogP contribution is 2.40. The Kier molecular flexibility index (Phi) is 7.72. The molecule has 1 N–H and O–H groups in total. The van der Waals surface area contributed by atoms with Gasteiger partial charge in [0.05, 0.1) is 12.2 Å². The molecule has 0 bridgehead atoms. The number of nitrogens with zero attached hydrogens (tertiary/aromatic N) is 3. The van der Waals surface area contributed by atoms with Crippen molar-refractivity contribution >= 4 is 11.7 Å². The number of hydrogen-bond donors (Lipinski definition) is 1. The van der Waals surface area contributed by atoms with Gasteiger partial charge in [0, 0.05) is 31.8 Å². The van der Waals surface area contributed by atoms with Crippen LogP contribution in [-0.4, -0.2) is 76.4 Å². The van der Waals surface area contributed by atoms with Gasteiger partial charge in [-0.2, -0.15) is 0 Å². The Morgan fingerprint density at radius 3 is 2.57 bits per heavy atom. The first-order chi connectivity index (χ1) is 16.9. The van der Waals surface area contributed by atoms with Crippen LogP contribution in [0.15, 0.2) is 60.7 Å². The van der Waals surface area contributed by atoms with Gasteiger partial charge in [0.2, 0.25) is 0 Å². The van der Waals surface area contributed by atoms with E-state index in [-0.39, 0.29) is 12.0 Å². The van der Waals surface area contributed by atoms with Gasteiger partial charge in [-0.05, 0) is 62.6 Å². The Balaban J connectivity index is 1.38. The molecule has 1 aliphatic heterocycles. The van der Waals surface area contributed by atoms with Crippen LogP contribution in [0.2, 0.25) is 0 Å². The molecule has 1 unspecified atom stereocenters. The summed E-state index contributed by atoms with van der Waals surface area (Å²) in [5, 5.41) is 2.95. The summed E-state index contributed by atoms with van der Waals surface area (Å²) >= 11 is 0. The van der Waals surface area contributed by atoms with Crippen molar-refractivity contribution in [3.05, 3.63) is 66.2 Å². The number of hydrogen-bond acceptors (Lipinski definition) is 7. The molecule has 1 aromatic heterocycles. The summed E-state index contributed by atoms with van der Waals surface area (Å²) in [7, 11) is 7.90. The number of likely N-dealkylation sites (N-methyl/N-ethyl adjacent to an activating group) is 1. The second-order valence-electron chi connectivity index (χ2n) is 8.85. The summed E-state index contributed by atoms with van der Waals surface area (Å²) in [4.78, 5) is 21.4. The Labute approximate surface area is 206 Å². The second kappa shape index (κ2) is 11.1. The highest BCUT2D eigenvalue weighted by Gasteiger charge is 2.25. The Morgan fingerprint density at radius 1 is 1.06 bits per heavy atom. The molecule has 8 heteroatoms. The van der Waals surface area contributed by atoms with Crippen LogP contribution in [0.1, 0.15) is 10.4 Å². The van der Waals surface area contributed by atoms with Crippen LogP contribution in [0.4, 0.5) is 5.82 Å². The Bertz CT molecular complexity index is 1150. The number of rotatable bonds is 9. The van der Waals surface area contributed by atoms with Gasteiger partial charge in [0.15, 0.2) is 11.5 Å². The summed E-state index contributed by atoms with van der Waals surface area (Å²) in [5.41, 5.74) is 2.22. The number of carbonyl (C=O) groups is 1. The summed E-state index contributed by atoms with van der Waals surface area (Å²) in [5.74, 6) is 2.73. The second-order valence-corrected chi connectivity index (χ2v) is 8.85. The number of ether oxygens (including phenoxy) is 3. The van der Waals surface area contributed by atoms with Gasteiger partial charge in [-0.3, -0.25) is 4.79 Å². The van der Waals surface area contributed by atoms with Gasteiger partial charge in [-0.25, -0.2) is 4.98 Å². The minimum absolute atomic E-state index is 0.173. The fourth-order valence-corrected chi connectivity index (χ4v) is 3.62. The minimum atomic E-state index is -0.321. The van der Waals surface area contributed by atoms with Crippen molar-refractivity contribution in [2.45, 2.75) is 6.10 Å². The molecule has 1 atom stereocenters. The monoisotopic (exact) mass is 476 g/mol. The predicted octanol–water partition coefficient (Wildman–Crippen LogP) is 3.32. The molecule has 1 amide bonds. The SMILES string of the molecule is CN(C)CCOc1ccc(C(=O)NCC2COc3cccc(-c4cccc(N(C)C)n4)c3O2)cc1. The zero-order valence-electron chi connectivity index (χ0n) is 20.7. The molecule has 0 radical (unpaired) electrons. The molecule has 35 heavy (non-hydrogen) atoms. The van der Waals surface area contributed by atoms with E-state index in [1.807, 2.05) is 81.6 Å². The number of amides is 1. The first-order valence-corrected chi connectivity index (χ1v) is 11.6. The van der Waals surface area contributed by atoms with Gasteiger partial charge in [0.25, 0.3) is 5.91 Å². The standard InChI is InChI=1S/C27H32N4O4/c1-30(2)15-16-33-20-13-11-19(12-14-20)27(32)28-17-21-18-34-24-9-5-7-22(26(24)35-21)23-8-6-10-25(29-23)31(3)4/h5-14,21H,15-18H2,1-4H3,(H,28,32). The third-order valence-corrected chi connectivity index (χ3v) is 5.57. The molecule has 0 aliphatic carbocycles. The highest BCUT2D eigenvalue weighted by molar-refractivity contribution is 5.94. The van der Waals surface area contributed by atoms with E-state index in [1.54, 1.807) is 12.1 Å². The fourth-order valence-electron chi connectivity index (χ4n) is 3.62. The lowest BCUT2D eigenvalue weighted by molar-refractivity contribution is 0.0793. The Hall–Kier alpha value is -3.78. The minimum Gasteiger partial charge on any atom is -0.492 e. The van der Waals surface area contributed by atoms with Crippen molar-refractivity contribution in [3.8, 4) is 28.5 Å². The lowest BCUT2D eigenvalue weighted by atomic mass is 10.1.